The predicted octanol–water partition coefficient (Wildman–Crippen LogP) is 3.83. The molecule has 2 aliphatic rings. The molecule has 6 heteroatoms. The lowest BCUT2D eigenvalue weighted by Crippen LogP contribution is -2.24. The molecular formula is C21H17FO5. The zero-order valence-electron chi connectivity index (χ0n) is 14.7. The van der Waals surface area contributed by atoms with Crippen LogP contribution in [0.15, 0.2) is 42.2 Å². The van der Waals surface area contributed by atoms with E-state index in [4.69, 9.17) is 14.2 Å². The van der Waals surface area contributed by atoms with Crippen molar-refractivity contribution in [1.29, 1.82) is 0 Å². The molecular weight excluding hydrogens is 351 g/mol. The molecule has 2 aromatic carbocycles. The lowest BCUT2D eigenvalue weighted by Gasteiger charge is -2.11. The molecule has 138 valence electrons. The Morgan fingerprint density at radius 1 is 1.26 bits per heavy atom. The zero-order valence-corrected chi connectivity index (χ0v) is 14.7. The summed E-state index contributed by atoms with van der Waals surface area (Å²) in [5.41, 5.74) is 1.73. The number of benzene rings is 2. The third-order valence-electron chi connectivity index (χ3n) is 4.52. The minimum absolute atomic E-state index is 0.141. The number of carbonyl (C=O) groups excluding carboxylic acids is 2. The molecule has 1 saturated heterocycles. The maximum absolute atomic E-state index is 13.0. The fraction of sp³-hybridized carbons (Fsp3) is 0.238. The van der Waals surface area contributed by atoms with E-state index in [1.54, 1.807) is 31.2 Å². The van der Waals surface area contributed by atoms with Crippen LogP contribution in [-0.4, -0.2) is 24.5 Å². The summed E-state index contributed by atoms with van der Waals surface area (Å²) in [6.45, 7) is 2.31. The largest absolute Gasteiger partial charge is 0.452 e. The number of esters is 1. The van der Waals surface area contributed by atoms with Crippen LogP contribution in [0.2, 0.25) is 0 Å². The first-order chi connectivity index (χ1) is 13.0. The molecule has 0 aliphatic carbocycles. The summed E-state index contributed by atoms with van der Waals surface area (Å²) >= 11 is 0. The SMILES string of the molecule is Cc1cc(OC(=O)C2CCCO2)cc2c1C(=O)/C(=C/c1ccc(F)cc1)O2. The van der Waals surface area contributed by atoms with Gasteiger partial charge in [-0.1, -0.05) is 12.1 Å². The second kappa shape index (κ2) is 6.96. The Bertz CT molecular complexity index is 940. The Morgan fingerprint density at radius 3 is 2.74 bits per heavy atom. The number of allylic oxidation sites excluding steroid dienone is 1. The molecule has 0 spiro atoms. The van der Waals surface area contributed by atoms with Crippen molar-refractivity contribution >= 4 is 17.8 Å². The highest BCUT2D eigenvalue weighted by Crippen LogP contribution is 2.37. The third kappa shape index (κ3) is 3.48. The van der Waals surface area contributed by atoms with E-state index >= 15 is 0 Å². The Balaban J connectivity index is 1.58. The highest BCUT2D eigenvalue weighted by molar-refractivity contribution is 6.15. The number of halogens is 1. The maximum atomic E-state index is 13.0. The van der Waals surface area contributed by atoms with Crippen molar-refractivity contribution in [3.8, 4) is 11.5 Å². The van der Waals surface area contributed by atoms with Gasteiger partial charge in [0.1, 0.15) is 17.3 Å². The number of ether oxygens (including phenoxy) is 3. The van der Waals surface area contributed by atoms with E-state index in [-0.39, 0.29) is 17.4 Å². The number of hydrogen-bond acceptors (Lipinski definition) is 5. The quantitative estimate of drug-likeness (QED) is 0.468. The van der Waals surface area contributed by atoms with Crippen molar-refractivity contribution in [1.82, 2.24) is 0 Å². The standard InChI is InChI=1S/C21H17FO5/c1-12-9-15(26-21(24)16-3-2-8-25-16)11-17-19(12)20(23)18(27-17)10-13-4-6-14(22)7-5-13/h4-7,9-11,16H,2-3,8H2,1H3/b18-10-. The first kappa shape index (κ1) is 17.4. The molecule has 0 saturated carbocycles. The molecule has 4 rings (SSSR count). The van der Waals surface area contributed by atoms with Crippen LogP contribution < -0.4 is 9.47 Å². The van der Waals surface area contributed by atoms with Crippen LogP contribution in [0.1, 0.15) is 34.3 Å². The molecule has 0 amide bonds. The molecule has 1 fully saturated rings. The van der Waals surface area contributed by atoms with Crippen LogP contribution in [0.4, 0.5) is 4.39 Å². The fourth-order valence-electron chi connectivity index (χ4n) is 3.19. The zero-order chi connectivity index (χ0) is 19.0. The summed E-state index contributed by atoms with van der Waals surface area (Å²) in [5.74, 6) is -0.275. The monoisotopic (exact) mass is 368 g/mol. The number of carbonyl (C=O) groups is 2. The van der Waals surface area contributed by atoms with Gasteiger partial charge in [0.05, 0.1) is 5.56 Å². The predicted molar refractivity (Wildman–Crippen MR) is 95.1 cm³/mol. The second-order valence-electron chi connectivity index (χ2n) is 6.53. The van der Waals surface area contributed by atoms with Gasteiger partial charge in [0, 0.05) is 12.7 Å². The van der Waals surface area contributed by atoms with E-state index in [0.717, 1.165) is 6.42 Å². The van der Waals surface area contributed by atoms with Crippen LogP contribution in [0, 0.1) is 12.7 Å². The molecule has 0 radical (unpaired) electrons. The summed E-state index contributed by atoms with van der Waals surface area (Å²) in [7, 11) is 0. The number of fused-ring (bicyclic) bond motifs is 1. The van der Waals surface area contributed by atoms with Crippen molar-refractivity contribution < 1.29 is 28.2 Å². The van der Waals surface area contributed by atoms with Gasteiger partial charge in [-0.05, 0) is 55.2 Å². The topological polar surface area (TPSA) is 61.8 Å². The lowest BCUT2D eigenvalue weighted by atomic mass is 10.0. The van der Waals surface area contributed by atoms with Crippen LogP contribution in [-0.2, 0) is 9.53 Å². The fourth-order valence-corrected chi connectivity index (χ4v) is 3.19. The van der Waals surface area contributed by atoms with Gasteiger partial charge in [-0.3, -0.25) is 4.79 Å². The summed E-state index contributed by atoms with van der Waals surface area (Å²) in [5, 5.41) is 0. The molecule has 0 bridgehead atoms. The molecule has 5 nitrogen and oxygen atoms in total. The van der Waals surface area contributed by atoms with Crippen molar-refractivity contribution in [3.63, 3.8) is 0 Å². The van der Waals surface area contributed by atoms with E-state index in [9.17, 15) is 14.0 Å². The highest BCUT2D eigenvalue weighted by atomic mass is 19.1. The summed E-state index contributed by atoms with van der Waals surface area (Å²) < 4.78 is 29.4. The molecule has 2 heterocycles. The molecule has 27 heavy (non-hydrogen) atoms. The van der Waals surface area contributed by atoms with Gasteiger partial charge in [0.25, 0.3) is 0 Å². The molecule has 0 N–H and O–H groups in total. The van der Waals surface area contributed by atoms with Gasteiger partial charge >= 0.3 is 5.97 Å². The first-order valence-electron chi connectivity index (χ1n) is 8.69. The Hall–Kier alpha value is -2.99. The van der Waals surface area contributed by atoms with E-state index < -0.39 is 12.1 Å². The minimum atomic E-state index is -0.546. The van der Waals surface area contributed by atoms with Crippen LogP contribution in [0.5, 0.6) is 11.5 Å². The average Bonchev–Trinajstić information content (AvgIpc) is 3.26. The van der Waals surface area contributed by atoms with Crippen molar-refractivity contribution in [2.75, 3.05) is 6.61 Å². The van der Waals surface area contributed by atoms with Gasteiger partial charge in [0.15, 0.2) is 11.9 Å². The normalized spacial score (nSPS) is 19.9. The molecule has 0 aromatic heterocycles. The van der Waals surface area contributed by atoms with E-state index in [2.05, 4.69) is 0 Å². The van der Waals surface area contributed by atoms with Gasteiger partial charge in [-0.25, -0.2) is 9.18 Å². The molecule has 1 atom stereocenters. The van der Waals surface area contributed by atoms with Crippen LogP contribution in [0.3, 0.4) is 0 Å². The maximum Gasteiger partial charge on any atom is 0.340 e. The van der Waals surface area contributed by atoms with Crippen molar-refractivity contribution in [2.24, 2.45) is 0 Å². The van der Waals surface area contributed by atoms with Gasteiger partial charge < -0.3 is 14.2 Å². The Kier molecular flexibility index (Phi) is 4.49. The van der Waals surface area contributed by atoms with E-state index in [1.807, 2.05) is 0 Å². The van der Waals surface area contributed by atoms with Gasteiger partial charge in [0.2, 0.25) is 5.78 Å². The van der Waals surface area contributed by atoms with Crippen LogP contribution in [0.25, 0.3) is 6.08 Å². The second-order valence-corrected chi connectivity index (χ2v) is 6.53. The van der Waals surface area contributed by atoms with Gasteiger partial charge in [-0.2, -0.15) is 0 Å². The molecule has 1 unspecified atom stereocenters. The number of aryl methyl sites for hydroxylation is 1. The van der Waals surface area contributed by atoms with Crippen molar-refractivity contribution in [2.45, 2.75) is 25.9 Å². The molecule has 2 aromatic rings. The van der Waals surface area contributed by atoms with Crippen LogP contribution >= 0.6 is 0 Å². The summed E-state index contributed by atoms with van der Waals surface area (Å²) in [6, 6.07) is 8.90. The summed E-state index contributed by atoms with van der Waals surface area (Å²) in [6.07, 6.45) is 2.48. The number of ketones is 1. The Labute approximate surface area is 155 Å². The Morgan fingerprint density at radius 2 is 2.04 bits per heavy atom. The van der Waals surface area contributed by atoms with Gasteiger partial charge in [-0.15, -0.1) is 0 Å². The third-order valence-corrected chi connectivity index (χ3v) is 4.52. The highest BCUT2D eigenvalue weighted by Gasteiger charge is 2.31. The van der Waals surface area contributed by atoms with Crippen molar-refractivity contribution in [3.05, 3.63) is 64.7 Å². The minimum Gasteiger partial charge on any atom is -0.452 e. The smallest absolute Gasteiger partial charge is 0.340 e. The first-order valence-corrected chi connectivity index (χ1v) is 8.69. The average molecular weight is 368 g/mol. The molecule has 2 aliphatic heterocycles. The number of hydrogen-bond donors (Lipinski definition) is 0. The summed E-state index contributed by atoms with van der Waals surface area (Å²) in [4.78, 5) is 24.8. The number of rotatable bonds is 3. The lowest BCUT2D eigenvalue weighted by molar-refractivity contribution is -0.144. The number of Topliss-reactive ketones (excluding diaryl/α,β-unsaturated/α-hetero) is 1. The van der Waals surface area contributed by atoms with E-state index in [0.29, 0.717) is 41.2 Å². The van der Waals surface area contributed by atoms with E-state index in [1.165, 1.54) is 18.2 Å².